The van der Waals surface area contributed by atoms with Gasteiger partial charge in [-0.1, -0.05) is 6.92 Å². The van der Waals surface area contributed by atoms with Crippen LogP contribution < -0.4 is 5.69 Å². The van der Waals surface area contributed by atoms with Gasteiger partial charge in [0.15, 0.2) is 5.78 Å². The van der Waals surface area contributed by atoms with Gasteiger partial charge in [-0.25, -0.2) is 4.79 Å². The molecule has 1 fully saturated rings. The van der Waals surface area contributed by atoms with E-state index in [1.54, 1.807) is 6.07 Å². The Kier molecular flexibility index (Phi) is 4.52. The number of phenolic OH excluding ortho intramolecular Hbond substituents is 1. The van der Waals surface area contributed by atoms with Gasteiger partial charge in [0, 0.05) is 12.0 Å². The van der Waals surface area contributed by atoms with Crippen molar-refractivity contribution in [3.63, 3.8) is 0 Å². The van der Waals surface area contributed by atoms with E-state index in [2.05, 4.69) is 21.8 Å². The van der Waals surface area contributed by atoms with Crippen molar-refractivity contribution in [1.29, 1.82) is 0 Å². The number of carbonyl (C=O) groups is 1. The van der Waals surface area contributed by atoms with Crippen LogP contribution in [0.25, 0.3) is 11.0 Å². The summed E-state index contributed by atoms with van der Waals surface area (Å²) < 4.78 is 0. The summed E-state index contributed by atoms with van der Waals surface area (Å²) in [6, 6.07) is 3.03. The molecule has 0 spiro atoms. The molecule has 6 heteroatoms. The number of nitrogens with zero attached hydrogens (tertiary/aromatic N) is 1. The molecule has 0 unspecified atom stereocenters. The first-order valence-corrected chi connectivity index (χ1v) is 8.24. The molecule has 0 radical (unpaired) electrons. The molecule has 0 saturated carbocycles. The molecule has 3 rings (SSSR count). The number of benzene rings is 1. The maximum atomic E-state index is 12.4. The minimum atomic E-state index is -0.419. The van der Waals surface area contributed by atoms with Gasteiger partial charge in [-0.15, -0.1) is 0 Å². The van der Waals surface area contributed by atoms with Crippen LogP contribution in [0.5, 0.6) is 5.75 Å². The molecular formula is C17H23N3O3. The van der Waals surface area contributed by atoms with Gasteiger partial charge in [0.25, 0.3) is 0 Å². The molecular weight excluding hydrogens is 294 g/mol. The zero-order chi connectivity index (χ0) is 16.4. The maximum absolute atomic E-state index is 12.4. The molecule has 1 aliphatic rings. The van der Waals surface area contributed by atoms with E-state index in [1.807, 2.05) is 0 Å². The number of H-pyrrole nitrogens is 2. The first-order valence-electron chi connectivity index (χ1n) is 8.24. The predicted molar refractivity (Wildman–Crippen MR) is 89.0 cm³/mol. The standard InChI is InChI=1S/C17H23N3O3/c1-11-6-9-20(10-7-11)8-2-3-13(21)12-4-5-14(22)16-15(12)18-17(23)19-16/h4-5,11,22H,2-3,6-10H2,1H3,(H2,18,19,23). The summed E-state index contributed by atoms with van der Waals surface area (Å²) in [5.41, 5.74) is 0.735. The van der Waals surface area contributed by atoms with Crippen molar-refractivity contribution in [3.8, 4) is 5.75 Å². The van der Waals surface area contributed by atoms with Gasteiger partial charge in [0.1, 0.15) is 11.3 Å². The highest BCUT2D eigenvalue weighted by Crippen LogP contribution is 2.24. The van der Waals surface area contributed by atoms with Gasteiger partial charge < -0.3 is 20.0 Å². The number of imidazole rings is 1. The average Bonchev–Trinajstić information content (AvgIpc) is 2.92. The van der Waals surface area contributed by atoms with Gasteiger partial charge in [-0.2, -0.15) is 0 Å². The Balaban J connectivity index is 1.63. The third kappa shape index (κ3) is 3.47. The zero-order valence-electron chi connectivity index (χ0n) is 13.4. The summed E-state index contributed by atoms with van der Waals surface area (Å²) in [5, 5.41) is 9.75. The number of hydrogen-bond acceptors (Lipinski definition) is 4. The third-order valence-corrected chi connectivity index (χ3v) is 4.72. The minimum Gasteiger partial charge on any atom is -0.506 e. The molecule has 3 N–H and O–H groups in total. The van der Waals surface area contributed by atoms with E-state index in [1.165, 1.54) is 18.9 Å². The third-order valence-electron chi connectivity index (χ3n) is 4.72. The lowest BCUT2D eigenvalue weighted by molar-refractivity contribution is 0.0972. The normalized spacial score (nSPS) is 16.9. The molecule has 0 atom stereocenters. The number of fused-ring (bicyclic) bond motifs is 1. The smallest absolute Gasteiger partial charge is 0.323 e. The van der Waals surface area contributed by atoms with Crippen LogP contribution >= 0.6 is 0 Å². The number of nitrogens with one attached hydrogen (secondary N) is 2. The number of carbonyl (C=O) groups excluding carboxylic acids is 1. The lowest BCUT2D eigenvalue weighted by Gasteiger charge is -2.29. The Hall–Kier alpha value is -2.08. The highest BCUT2D eigenvalue weighted by molar-refractivity contribution is 6.07. The van der Waals surface area contributed by atoms with E-state index in [4.69, 9.17) is 0 Å². The molecule has 1 saturated heterocycles. The Morgan fingerprint density at radius 3 is 2.70 bits per heavy atom. The molecule has 2 aromatic rings. The van der Waals surface area contributed by atoms with Crippen LogP contribution in [-0.2, 0) is 0 Å². The van der Waals surface area contributed by atoms with Crippen molar-refractivity contribution in [2.75, 3.05) is 19.6 Å². The Bertz CT molecular complexity index is 754. The zero-order valence-corrected chi connectivity index (χ0v) is 13.4. The van der Waals surface area contributed by atoms with Crippen molar-refractivity contribution < 1.29 is 9.90 Å². The SMILES string of the molecule is CC1CCN(CCCC(=O)c2ccc(O)c3[nH]c(=O)[nH]c23)CC1. The number of aromatic nitrogens is 2. The monoisotopic (exact) mass is 317 g/mol. The Morgan fingerprint density at radius 1 is 1.26 bits per heavy atom. The highest BCUT2D eigenvalue weighted by Gasteiger charge is 2.17. The van der Waals surface area contributed by atoms with Crippen LogP contribution in [0.15, 0.2) is 16.9 Å². The molecule has 1 aliphatic heterocycles. The quantitative estimate of drug-likeness (QED) is 0.738. The topological polar surface area (TPSA) is 89.2 Å². The molecule has 2 heterocycles. The van der Waals surface area contributed by atoms with Gasteiger partial charge in [0.2, 0.25) is 0 Å². The largest absolute Gasteiger partial charge is 0.506 e. The van der Waals surface area contributed by atoms with E-state index in [9.17, 15) is 14.7 Å². The number of piperidine rings is 1. The number of hydrogen-bond donors (Lipinski definition) is 3. The Morgan fingerprint density at radius 2 is 1.96 bits per heavy atom. The number of rotatable bonds is 5. The van der Waals surface area contributed by atoms with E-state index in [0.29, 0.717) is 23.0 Å². The van der Waals surface area contributed by atoms with Crippen LogP contribution in [0.1, 0.15) is 43.0 Å². The van der Waals surface area contributed by atoms with Crippen molar-refractivity contribution in [2.45, 2.75) is 32.6 Å². The fraction of sp³-hybridized carbons (Fsp3) is 0.529. The lowest BCUT2D eigenvalue weighted by Crippen LogP contribution is -2.33. The van der Waals surface area contributed by atoms with Gasteiger partial charge >= 0.3 is 5.69 Å². The molecule has 0 aliphatic carbocycles. The average molecular weight is 317 g/mol. The number of aromatic hydroxyl groups is 1. The summed E-state index contributed by atoms with van der Waals surface area (Å²) in [6.07, 6.45) is 3.72. The molecule has 0 bridgehead atoms. The van der Waals surface area contributed by atoms with Gasteiger partial charge in [-0.3, -0.25) is 4.79 Å². The number of likely N-dealkylation sites (tertiary alicyclic amines) is 1. The number of aromatic amines is 2. The highest BCUT2D eigenvalue weighted by atomic mass is 16.3. The summed E-state index contributed by atoms with van der Waals surface area (Å²) >= 11 is 0. The van der Waals surface area contributed by atoms with Crippen LogP contribution in [0.4, 0.5) is 0 Å². The van der Waals surface area contributed by atoms with Crippen molar-refractivity contribution in [1.82, 2.24) is 14.9 Å². The minimum absolute atomic E-state index is 0.00405. The van der Waals surface area contributed by atoms with Crippen LogP contribution in [0.3, 0.4) is 0 Å². The fourth-order valence-corrected chi connectivity index (χ4v) is 3.22. The Labute approximate surface area is 134 Å². The molecule has 124 valence electrons. The van der Waals surface area contributed by atoms with Crippen molar-refractivity contribution >= 4 is 16.8 Å². The van der Waals surface area contributed by atoms with E-state index >= 15 is 0 Å². The van der Waals surface area contributed by atoms with Crippen molar-refractivity contribution in [2.24, 2.45) is 5.92 Å². The van der Waals surface area contributed by atoms with Gasteiger partial charge in [-0.05, 0) is 56.9 Å². The number of Topliss-reactive ketones (excluding diaryl/α,β-unsaturated/α-hetero) is 1. The first-order chi connectivity index (χ1) is 11.0. The molecule has 1 aromatic carbocycles. The number of ketones is 1. The number of phenols is 1. The van der Waals surface area contributed by atoms with Crippen LogP contribution in [-0.4, -0.2) is 45.4 Å². The van der Waals surface area contributed by atoms with Crippen LogP contribution in [0.2, 0.25) is 0 Å². The second-order valence-electron chi connectivity index (χ2n) is 6.51. The summed E-state index contributed by atoms with van der Waals surface area (Å²) in [7, 11) is 0. The van der Waals surface area contributed by atoms with E-state index in [0.717, 1.165) is 32.0 Å². The first kappa shape index (κ1) is 15.8. The lowest BCUT2D eigenvalue weighted by atomic mass is 9.98. The molecule has 0 amide bonds. The van der Waals surface area contributed by atoms with E-state index < -0.39 is 5.69 Å². The van der Waals surface area contributed by atoms with Gasteiger partial charge in [0.05, 0.1) is 5.52 Å². The fourth-order valence-electron chi connectivity index (χ4n) is 3.22. The maximum Gasteiger partial charge on any atom is 0.323 e. The second kappa shape index (κ2) is 6.58. The summed E-state index contributed by atoms with van der Waals surface area (Å²) in [6.45, 7) is 5.45. The summed E-state index contributed by atoms with van der Waals surface area (Å²) in [4.78, 5) is 31.4. The molecule has 6 nitrogen and oxygen atoms in total. The van der Waals surface area contributed by atoms with Crippen LogP contribution in [0, 0.1) is 5.92 Å². The van der Waals surface area contributed by atoms with E-state index in [-0.39, 0.29) is 11.5 Å². The predicted octanol–water partition coefficient (Wildman–Crippen LogP) is 2.26. The summed E-state index contributed by atoms with van der Waals surface area (Å²) in [5.74, 6) is 0.775. The second-order valence-corrected chi connectivity index (χ2v) is 6.51. The molecule has 1 aromatic heterocycles. The molecule has 23 heavy (non-hydrogen) atoms. The van der Waals surface area contributed by atoms with Crippen molar-refractivity contribution in [3.05, 3.63) is 28.2 Å².